The monoisotopic (exact) mass is 337 g/mol. The van der Waals surface area contributed by atoms with Crippen LogP contribution in [0.5, 0.6) is 0 Å². The molecule has 0 unspecified atom stereocenters. The summed E-state index contributed by atoms with van der Waals surface area (Å²) < 4.78 is 1.51. The lowest BCUT2D eigenvalue weighted by Crippen LogP contribution is -2.26. The minimum atomic E-state index is -0.161. The number of carbonyl (C=O) groups excluding carboxylic acids is 1. The molecule has 1 heterocycles. The Morgan fingerprint density at radius 3 is 2.59 bits per heavy atom. The van der Waals surface area contributed by atoms with Crippen LogP contribution in [0.3, 0.4) is 0 Å². The molecule has 0 saturated heterocycles. The van der Waals surface area contributed by atoms with Gasteiger partial charge < -0.3 is 5.32 Å². The predicted molar refractivity (Wildman–Crippen MR) is 92.6 cm³/mol. The van der Waals surface area contributed by atoms with Crippen LogP contribution in [0.2, 0.25) is 5.15 Å². The summed E-state index contributed by atoms with van der Waals surface area (Å²) in [6.45, 7) is 4.48. The highest BCUT2D eigenvalue weighted by Crippen LogP contribution is 2.18. The summed E-state index contributed by atoms with van der Waals surface area (Å²) >= 11 is 7.87. The van der Waals surface area contributed by atoms with E-state index < -0.39 is 0 Å². The van der Waals surface area contributed by atoms with Gasteiger partial charge in [-0.3, -0.25) is 9.48 Å². The third-order valence-electron chi connectivity index (χ3n) is 3.30. The standard InChI is InChI=1S/C16H20ClN3OS/c1-11-4-6-13(7-5-11)10-22-9-8-18-16(21)14-12(2)19-20(3)15(14)17/h4-7H,8-10H2,1-3H3,(H,18,21). The van der Waals surface area contributed by atoms with Crippen LogP contribution >= 0.6 is 23.4 Å². The van der Waals surface area contributed by atoms with Crippen molar-refractivity contribution in [2.45, 2.75) is 19.6 Å². The molecule has 1 aromatic carbocycles. The molecule has 22 heavy (non-hydrogen) atoms. The molecule has 1 aromatic heterocycles. The van der Waals surface area contributed by atoms with Crippen LogP contribution < -0.4 is 5.32 Å². The molecule has 0 bridgehead atoms. The van der Waals surface area contributed by atoms with E-state index in [0.29, 0.717) is 23.0 Å². The highest BCUT2D eigenvalue weighted by molar-refractivity contribution is 7.98. The molecule has 4 nitrogen and oxygen atoms in total. The smallest absolute Gasteiger partial charge is 0.256 e. The van der Waals surface area contributed by atoms with Crippen LogP contribution in [0.1, 0.15) is 27.2 Å². The summed E-state index contributed by atoms with van der Waals surface area (Å²) in [6.07, 6.45) is 0. The fourth-order valence-corrected chi connectivity index (χ4v) is 3.17. The van der Waals surface area contributed by atoms with Crippen LogP contribution in [-0.4, -0.2) is 28.0 Å². The molecule has 2 rings (SSSR count). The molecule has 1 amide bonds. The molecule has 6 heteroatoms. The molecule has 0 fully saturated rings. The first kappa shape index (κ1) is 16.9. The maximum absolute atomic E-state index is 12.1. The first-order valence-corrected chi connectivity index (χ1v) is 8.63. The number of aromatic nitrogens is 2. The summed E-state index contributed by atoms with van der Waals surface area (Å²) in [5.41, 5.74) is 3.68. The number of nitrogens with zero attached hydrogens (tertiary/aromatic N) is 2. The molecule has 0 saturated carbocycles. The van der Waals surface area contributed by atoms with Crippen LogP contribution in [0.4, 0.5) is 0 Å². The van der Waals surface area contributed by atoms with Gasteiger partial charge in [-0.05, 0) is 19.4 Å². The molecule has 0 radical (unpaired) electrons. The average Bonchev–Trinajstić information content (AvgIpc) is 2.73. The molecular formula is C16H20ClN3OS. The fraction of sp³-hybridized carbons (Fsp3) is 0.375. The van der Waals surface area contributed by atoms with Gasteiger partial charge in [0.2, 0.25) is 0 Å². The van der Waals surface area contributed by atoms with Gasteiger partial charge in [-0.2, -0.15) is 16.9 Å². The number of hydrogen-bond acceptors (Lipinski definition) is 3. The molecule has 0 aliphatic rings. The summed E-state index contributed by atoms with van der Waals surface area (Å²) in [5, 5.41) is 7.41. The Labute approximate surface area is 140 Å². The Morgan fingerprint density at radius 2 is 2.00 bits per heavy atom. The van der Waals surface area contributed by atoms with Gasteiger partial charge in [0.25, 0.3) is 5.91 Å². The topological polar surface area (TPSA) is 46.9 Å². The van der Waals surface area contributed by atoms with Gasteiger partial charge in [0.1, 0.15) is 5.15 Å². The second-order valence-corrected chi connectivity index (χ2v) is 6.63. The molecular weight excluding hydrogens is 318 g/mol. The summed E-state index contributed by atoms with van der Waals surface area (Å²) in [4.78, 5) is 12.1. The Kier molecular flexibility index (Phi) is 5.91. The van der Waals surface area contributed by atoms with Gasteiger partial charge >= 0.3 is 0 Å². The van der Waals surface area contributed by atoms with E-state index >= 15 is 0 Å². The quantitative estimate of drug-likeness (QED) is 0.822. The van der Waals surface area contributed by atoms with Crippen molar-refractivity contribution in [3.8, 4) is 0 Å². The number of halogens is 1. The Bertz CT molecular complexity index is 652. The lowest BCUT2D eigenvalue weighted by molar-refractivity contribution is 0.0955. The van der Waals surface area contributed by atoms with Crippen molar-refractivity contribution < 1.29 is 4.79 Å². The molecule has 0 aliphatic carbocycles. The van der Waals surface area contributed by atoms with Gasteiger partial charge in [0, 0.05) is 25.1 Å². The van der Waals surface area contributed by atoms with Crippen molar-refractivity contribution in [1.82, 2.24) is 15.1 Å². The highest BCUT2D eigenvalue weighted by atomic mass is 35.5. The number of thioether (sulfide) groups is 1. The normalized spacial score (nSPS) is 10.7. The van der Waals surface area contributed by atoms with Crippen molar-refractivity contribution in [1.29, 1.82) is 0 Å². The summed E-state index contributed by atoms with van der Waals surface area (Å²) in [6, 6.07) is 8.51. The van der Waals surface area contributed by atoms with Gasteiger partial charge in [0.05, 0.1) is 11.3 Å². The zero-order chi connectivity index (χ0) is 16.1. The number of aryl methyl sites for hydroxylation is 3. The van der Waals surface area contributed by atoms with Gasteiger partial charge in [0.15, 0.2) is 0 Å². The van der Waals surface area contributed by atoms with E-state index in [4.69, 9.17) is 11.6 Å². The molecule has 0 atom stereocenters. The van der Waals surface area contributed by atoms with E-state index in [2.05, 4.69) is 41.6 Å². The van der Waals surface area contributed by atoms with E-state index in [1.54, 1.807) is 25.7 Å². The summed E-state index contributed by atoms with van der Waals surface area (Å²) in [5.74, 6) is 1.64. The summed E-state index contributed by atoms with van der Waals surface area (Å²) in [7, 11) is 1.73. The Hall–Kier alpha value is -1.46. The minimum absolute atomic E-state index is 0.161. The zero-order valence-corrected chi connectivity index (χ0v) is 14.6. The number of carbonyl (C=O) groups is 1. The highest BCUT2D eigenvalue weighted by Gasteiger charge is 2.18. The van der Waals surface area contributed by atoms with Gasteiger partial charge in [-0.15, -0.1) is 0 Å². The maximum Gasteiger partial charge on any atom is 0.256 e. The lowest BCUT2D eigenvalue weighted by Gasteiger charge is -2.05. The minimum Gasteiger partial charge on any atom is -0.351 e. The van der Waals surface area contributed by atoms with E-state index in [9.17, 15) is 4.79 Å². The van der Waals surface area contributed by atoms with Crippen molar-refractivity contribution in [2.75, 3.05) is 12.3 Å². The number of hydrogen-bond donors (Lipinski definition) is 1. The van der Waals surface area contributed by atoms with Crippen LogP contribution in [0.25, 0.3) is 0 Å². The first-order chi connectivity index (χ1) is 10.5. The third kappa shape index (κ3) is 4.27. The number of amides is 1. The largest absolute Gasteiger partial charge is 0.351 e. The van der Waals surface area contributed by atoms with Crippen molar-refractivity contribution in [2.24, 2.45) is 7.05 Å². The third-order valence-corrected chi connectivity index (χ3v) is 4.76. The predicted octanol–water partition coefficient (Wildman–Crippen LogP) is 3.35. The number of rotatable bonds is 6. The van der Waals surface area contributed by atoms with Crippen LogP contribution in [0, 0.1) is 13.8 Å². The van der Waals surface area contributed by atoms with Gasteiger partial charge in [-0.1, -0.05) is 41.4 Å². The molecule has 118 valence electrons. The second-order valence-electron chi connectivity index (χ2n) is 5.17. The average molecular weight is 338 g/mol. The zero-order valence-electron chi connectivity index (χ0n) is 13.0. The number of benzene rings is 1. The van der Waals surface area contributed by atoms with E-state index in [1.165, 1.54) is 15.8 Å². The van der Waals surface area contributed by atoms with Crippen LogP contribution in [0.15, 0.2) is 24.3 Å². The van der Waals surface area contributed by atoms with Crippen molar-refractivity contribution in [3.63, 3.8) is 0 Å². The molecule has 0 spiro atoms. The van der Waals surface area contributed by atoms with E-state index in [-0.39, 0.29) is 5.91 Å². The SMILES string of the molecule is Cc1ccc(CSCCNC(=O)c2c(C)nn(C)c2Cl)cc1. The molecule has 0 aliphatic heterocycles. The first-order valence-electron chi connectivity index (χ1n) is 7.09. The van der Waals surface area contributed by atoms with Crippen molar-refractivity contribution in [3.05, 3.63) is 51.8 Å². The number of nitrogens with one attached hydrogen (secondary N) is 1. The van der Waals surface area contributed by atoms with Gasteiger partial charge in [-0.25, -0.2) is 0 Å². The van der Waals surface area contributed by atoms with E-state index in [0.717, 1.165) is 11.5 Å². The molecule has 1 N–H and O–H groups in total. The second kappa shape index (κ2) is 7.70. The van der Waals surface area contributed by atoms with E-state index in [1.807, 2.05) is 0 Å². The Morgan fingerprint density at radius 1 is 1.32 bits per heavy atom. The fourth-order valence-electron chi connectivity index (χ4n) is 2.09. The van der Waals surface area contributed by atoms with Crippen molar-refractivity contribution >= 4 is 29.3 Å². The maximum atomic E-state index is 12.1. The Balaban J connectivity index is 1.74. The lowest BCUT2D eigenvalue weighted by atomic mass is 10.2. The van der Waals surface area contributed by atoms with Crippen LogP contribution in [-0.2, 0) is 12.8 Å². The molecule has 2 aromatic rings.